The number of ketones is 1. The third-order valence-corrected chi connectivity index (χ3v) is 7.51. The molecule has 1 aromatic heterocycles. The van der Waals surface area contributed by atoms with Crippen molar-refractivity contribution in [3.8, 4) is 0 Å². The SMILES string of the molecule is CCOCC(C)(C)C.O=C(c1ccc(S(=O)(=O)c2nccs2)cc1)c1cc(Cl)ccc1Cl. The molecule has 0 radical (unpaired) electrons. The van der Waals surface area contributed by atoms with Gasteiger partial charge >= 0.3 is 0 Å². The van der Waals surface area contributed by atoms with Gasteiger partial charge in [-0.05, 0) is 54.8 Å². The van der Waals surface area contributed by atoms with Gasteiger partial charge in [-0.3, -0.25) is 4.79 Å². The van der Waals surface area contributed by atoms with Gasteiger partial charge in [0, 0.05) is 34.3 Å². The Bertz CT molecular complexity index is 1140. The molecule has 0 unspecified atom stereocenters. The van der Waals surface area contributed by atoms with Gasteiger partial charge in [0.05, 0.1) is 16.5 Å². The highest BCUT2D eigenvalue weighted by Gasteiger charge is 2.21. The minimum absolute atomic E-state index is 0.0134. The minimum Gasteiger partial charge on any atom is -0.381 e. The Balaban J connectivity index is 0.000000390. The van der Waals surface area contributed by atoms with Crippen molar-refractivity contribution in [2.75, 3.05) is 13.2 Å². The molecule has 32 heavy (non-hydrogen) atoms. The number of carbonyl (C=O) groups excluding carboxylic acids is 1. The average Bonchev–Trinajstić information content (AvgIpc) is 3.29. The molecule has 3 aromatic rings. The summed E-state index contributed by atoms with van der Waals surface area (Å²) in [5.74, 6) is -0.333. The smallest absolute Gasteiger partial charge is 0.233 e. The molecule has 3 rings (SSSR count). The summed E-state index contributed by atoms with van der Waals surface area (Å²) in [4.78, 5) is 16.4. The Morgan fingerprint density at radius 2 is 1.75 bits per heavy atom. The number of benzene rings is 2. The molecular formula is C23H25Cl2NO4S2. The summed E-state index contributed by atoms with van der Waals surface area (Å²) in [5, 5.41) is 2.26. The van der Waals surface area contributed by atoms with Gasteiger partial charge < -0.3 is 4.74 Å². The third kappa shape index (κ3) is 7.39. The number of halogens is 2. The molecule has 0 atom stereocenters. The molecule has 0 spiro atoms. The number of nitrogens with zero attached hydrogens (tertiary/aromatic N) is 1. The van der Waals surface area contributed by atoms with Crippen LogP contribution in [0.4, 0.5) is 0 Å². The van der Waals surface area contributed by atoms with Crippen LogP contribution in [0.5, 0.6) is 0 Å². The van der Waals surface area contributed by atoms with Crippen molar-refractivity contribution in [2.45, 2.75) is 36.9 Å². The van der Waals surface area contributed by atoms with Crippen LogP contribution in [0.2, 0.25) is 10.0 Å². The van der Waals surface area contributed by atoms with Crippen molar-refractivity contribution in [1.82, 2.24) is 4.98 Å². The van der Waals surface area contributed by atoms with Crippen LogP contribution in [0.3, 0.4) is 0 Å². The summed E-state index contributed by atoms with van der Waals surface area (Å²) in [6, 6.07) is 10.3. The first-order valence-electron chi connectivity index (χ1n) is 9.78. The van der Waals surface area contributed by atoms with E-state index in [1.807, 2.05) is 6.92 Å². The molecule has 0 aliphatic rings. The minimum atomic E-state index is -3.67. The monoisotopic (exact) mass is 513 g/mol. The molecule has 0 saturated heterocycles. The van der Waals surface area contributed by atoms with E-state index in [4.69, 9.17) is 27.9 Å². The van der Waals surface area contributed by atoms with Crippen molar-refractivity contribution < 1.29 is 17.9 Å². The Hall–Kier alpha value is -1.77. The lowest BCUT2D eigenvalue weighted by Gasteiger charge is -2.16. The molecule has 0 N–H and O–H groups in total. The third-order valence-electron chi connectivity index (χ3n) is 3.98. The molecule has 0 amide bonds. The van der Waals surface area contributed by atoms with Crippen LogP contribution < -0.4 is 0 Å². The molecule has 0 fully saturated rings. The zero-order chi connectivity index (χ0) is 23.9. The number of rotatable bonds is 6. The Morgan fingerprint density at radius 3 is 2.25 bits per heavy atom. The van der Waals surface area contributed by atoms with Crippen molar-refractivity contribution >= 4 is 50.2 Å². The topological polar surface area (TPSA) is 73.3 Å². The molecular weight excluding hydrogens is 489 g/mol. The maximum atomic E-state index is 12.5. The molecule has 172 valence electrons. The zero-order valence-corrected chi connectivity index (χ0v) is 21.4. The first-order chi connectivity index (χ1) is 15.0. The molecule has 0 bridgehead atoms. The highest BCUT2D eigenvalue weighted by molar-refractivity contribution is 7.93. The fraction of sp³-hybridized carbons (Fsp3) is 0.304. The number of carbonyl (C=O) groups is 1. The average molecular weight is 514 g/mol. The predicted molar refractivity (Wildman–Crippen MR) is 130 cm³/mol. The van der Waals surface area contributed by atoms with Gasteiger partial charge in [-0.15, -0.1) is 11.3 Å². The van der Waals surface area contributed by atoms with E-state index < -0.39 is 9.84 Å². The Morgan fingerprint density at radius 1 is 1.09 bits per heavy atom. The summed E-state index contributed by atoms with van der Waals surface area (Å²) in [6.07, 6.45) is 1.43. The number of hydrogen-bond acceptors (Lipinski definition) is 6. The fourth-order valence-corrected chi connectivity index (χ4v) is 5.06. The highest BCUT2D eigenvalue weighted by atomic mass is 35.5. The van der Waals surface area contributed by atoms with Gasteiger partial charge in [-0.25, -0.2) is 13.4 Å². The quantitative estimate of drug-likeness (QED) is 0.347. The fourth-order valence-electron chi connectivity index (χ4n) is 2.46. The van der Waals surface area contributed by atoms with Gasteiger partial charge in [0.2, 0.25) is 14.2 Å². The van der Waals surface area contributed by atoms with Crippen LogP contribution in [0.15, 0.2) is 63.3 Å². The molecule has 0 aliphatic carbocycles. The van der Waals surface area contributed by atoms with Crippen LogP contribution in [0.1, 0.15) is 43.6 Å². The van der Waals surface area contributed by atoms with Crippen molar-refractivity contribution in [3.63, 3.8) is 0 Å². The van der Waals surface area contributed by atoms with E-state index in [1.54, 1.807) is 17.5 Å². The van der Waals surface area contributed by atoms with E-state index in [0.29, 0.717) is 16.0 Å². The summed E-state index contributed by atoms with van der Waals surface area (Å²) in [6.45, 7) is 10.2. The summed E-state index contributed by atoms with van der Waals surface area (Å²) < 4.78 is 29.9. The molecule has 1 heterocycles. The molecule has 0 aliphatic heterocycles. The van der Waals surface area contributed by atoms with Crippen LogP contribution in [0.25, 0.3) is 0 Å². The van der Waals surface area contributed by atoms with Crippen molar-refractivity contribution in [3.05, 3.63) is 75.2 Å². The molecule has 9 heteroatoms. The van der Waals surface area contributed by atoms with E-state index in [0.717, 1.165) is 24.6 Å². The maximum Gasteiger partial charge on any atom is 0.233 e. The van der Waals surface area contributed by atoms with Crippen LogP contribution in [0, 0.1) is 5.41 Å². The standard InChI is InChI=1S/C16H9Cl2NO3S2.C7H16O/c17-11-3-6-14(18)13(9-11)15(20)10-1-4-12(5-2-10)24(21,22)16-19-7-8-23-16;1-5-8-6-7(2,3)4/h1-9H;5-6H2,1-4H3. The Kier molecular flexibility index (Phi) is 9.42. The molecule has 0 saturated carbocycles. The van der Waals surface area contributed by atoms with Gasteiger partial charge in [-0.2, -0.15) is 0 Å². The lowest BCUT2D eigenvalue weighted by molar-refractivity contribution is 0.0805. The normalized spacial score (nSPS) is 11.6. The summed E-state index contributed by atoms with van der Waals surface area (Å²) >= 11 is 13.0. The van der Waals surface area contributed by atoms with Gasteiger partial charge in [0.25, 0.3) is 0 Å². The first-order valence-corrected chi connectivity index (χ1v) is 12.9. The second-order valence-corrected chi connectivity index (χ2v) is 11.8. The lowest BCUT2D eigenvalue weighted by atomic mass is 9.99. The van der Waals surface area contributed by atoms with E-state index >= 15 is 0 Å². The lowest BCUT2D eigenvalue weighted by Crippen LogP contribution is -2.14. The largest absolute Gasteiger partial charge is 0.381 e. The van der Waals surface area contributed by atoms with E-state index in [2.05, 4.69) is 25.8 Å². The number of hydrogen-bond donors (Lipinski definition) is 0. The number of aromatic nitrogens is 1. The number of sulfone groups is 1. The van der Waals surface area contributed by atoms with Crippen LogP contribution in [-0.4, -0.2) is 32.4 Å². The van der Waals surface area contributed by atoms with Gasteiger partial charge in [0.1, 0.15) is 0 Å². The Labute approximate surface area is 203 Å². The van der Waals surface area contributed by atoms with Gasteiger partial charge in [-0.1, -0.05) is 44.0 Å². The van der Waals surface area contributed by atoms with E-state index in [9.17, 15) is 13.2 Å². The second kappa shape index (κ2) is 11.4. The second-order valence-electron chi connectivity index (χ2n) is 7.98. The zero-order valence-electron chi connectivity index (χ0n) is 18.3. The number of thiazole rings is 1. The van der Waals surface area contributed by atoms with Crippen molar-refractivity contribution in [1.29, 1.82) is 0 Å². The van der Waals surface area contributed by atoms with Crippen molar-refractivity contribution in [2.24, 2.45) is 5.41 Å². The van der Waals surface area contributed by atoms with Crippen LogP contribution in [-0.2, 0) is 14.6 Å². The van der Waals surface area contributed by atoms with Crippen LogP contribution >= 0.6 is 34.5 Å². The maximum absolute atomic E-state index is 12.5. The predicted octanol–water partition coefficient (Wildman–Crippen LogP) is 6.58. The molecule has 2 aromatic carbocycles. The van der Waals surface area contributed by atoms with E-state index in [1.165, 1.54) is 36.5 Å². The number of ether oxygens (including phenoxy) is 1. The summed E-state index contributed by atoms with van der Waals surface area (Å²) in [5.41, 5.74) is 0.910. The van der Waals surface area contributed by atoms with E-state index in [-0.39, 0.29) is 25.6 Å². The molecule has 5 nitrogen and oxygen atoms in total. The van der Waals surface area contributed by atoms with Gasteiger partial charge in [0.15, 0.2) is 5.78 Å². The summed E-state index contributed by atoms with van der Waals surface area (Å²) in [7, 11) is -3.67. The first kappa shape index (κ1) is 26.5. The highest BCUT2D eigenvalue weighted by Crippen LogP contribution is 2.26.